The van der Waals surface area contributed by atoms with Crippen LogP contribution in [-0.4, -0.2) is 21.3 Å². The molecule has 0 fully saturated rings. The van der Waals surface area contributed by atoms with Gasteiger partial charge in [0.15, 0.2) is 0 Å². The first-order valence-electron chi connectivity index (χ1n) is 7.19. The van der Waals surface area contributed by atoms with E-state index in [9.17, 15) is 0 Å². The number of benzene rings is 2. The standard InChI is InChI=1S/C17H19N3O/c18-12-13-6-8-14(9-7-13)17-19-15-4-1-2-5-16(15)20(17)10-3-11-21/h1-2,4-9,21H,3,10-12,18H2. The van der Waals surface area contributed by atoms with Crippen LogP contribution in [0, 0.1) is 0 Å². The van der Waals surface area contributed by atoms with E-state index in [1.807, 2.05) is 30.3 Å². The average molecular weight is 281 g/mol. The van der Waals surface area contributed by atoms with Gasteiger partial charge in [-0.25, -0.2) is 4.98 Å². The monoisotopic (exact) mass is 281 g/mol. The Labute approximate surface area is 123 Å². The lowest BCUT2D eigenvalue weighted by Crippen LogP contribution is -2.03. The Morgan fingerprint density at radius 2 is 1.81 bits per heavy atom. The first-order chi connectivity index (χ1) is 10.3. The second-order valence-electron chi connectivity index (χ2n) is 5.05. The van der Waals surface area contributed by atoms with Crippen molar-refractivity contribution in [3.8, 4) is 11.4 Å². The number of aryl methyl sites for hydroxylation is 1. The number of hydrogen-bond acceptors (Lipinski definition) is 3. The van der Waals surface area contributed by atoms with Gasteiger partial charge < -0.3 is 15.4 Å². The fraction of sp³-hybridized carbons (Fsp3) is 0.235. The number of nitrogens with zero attached hydrogens (tertiary/aromatic N) is 2. The molecule has 21 heavy (non-hydrogen) atoms. The summed E-state index contributed by atoms with van der Waals surface area (Å²) in [6.45, 7) is 1.48. The number of rotatable bonds is 5. The van der Waals surface area contributed by atoms with Gasteiger partial charge in [0.25, 0.3) is 0 Å². The number of nitrogens with two attached hydrogens (primary N) is 1. The molecule has 3 N–H and O–H groups in total. The van der Waals surface area contributed by atoms with Gasteiger partial charge in [-0.3, -0.25) is 0 Å². The molecule has 2 aromatic carbocycles. The van der Waals surface area contributed by atoms with E-state index >= 15 is 0 Å². The molecule has 0 bridgehead atoms. The highest BCUT2D eigenvalue weighted by Gasteiger charge is 2.11. The highest BCUT2D eigenvalue weighted by atomic mass is 16.3. The Kier molecular flexibility index (Phi) is 3.99. The van der Waals surface area contributed by atoms with E-state index in [0.717, 1.165) is 34.5 Å². The van der Waals surface area contributed by atoms with Crippen molar-refractivity contribution in [1.29, 1.82) is 0 Å². The molecule has 3 aromatic rings. The predicted octanol–water partition coefficient (Wildman–Crippen LogP) is 2.54. The zero-order chi connectivity index (χ0) is 14.7. The Balaban J connectivity index is 2.10. The lowest BCUT2D eigenvalue weighted by molar-refractivity contribution is 0.281. The number of aromatic nitrogens is 2. The van der Waals surface area contributed by atoms with Crippen molar-refractivity contribution in [2.24, 2.45) is 5.73 Å². The normalized spacial score (nSPS) is 11.1. The predicted molar refractivity (Wildman–Crippen MR) is 84.8 cm³/mol. The fourth-order valence-electron chi connectivity index (χ4n) is 2.54. The zero-order valence-electron chi connectivity index (χ0n) is 11.9. The molecule has 0 saturated heterocycles. The molecule has 0 aliphatic rings. The molecule has 108 valence electrons. The van der Waals surface area contributed by atoms with Crippen LogP contribution in [0.3, 0.4) is 0 Å². The Morgan fingerprint density at radius 1 is 1.05 bits per heavy atom. The maximum absolute atomic E-state index is 9.12. The van der Waals surface area contributed by atoms with Crippen LogP contribution in [-0.2, 0) is 13.1 Å². The third kappa shape index (κ3) is 2.68. The smallest absolute Gasteiger partial charge is 0.141 e. The molecule has 4 nitrogen and oxygen atoms in total. The topological polar surface area (TPSA) is 64.1 Å². The van der Waals surface area contributed by atoms with Gasteiger partial charge in [0.05, 0.1) is 11.0 Å². The Morgan fingerprint density at radius 3 is 2.52 bits per heavy atom. The molecule has 0 spiro atoms. The number of fused-ring (bicyclic) bond motifs is 1. The number of para-hydroxylation sites is 2. The van der Waals surface area contributed by atoms with Gasteiger partial charge >= 0.3 is 0 Å². The number of aliphatic hydroxyl groups excluding tert-OH is 1. The molecule has 0 saturated carbocycles. The van der Waals surface area contributed by atoms with Gasteiger partial charge in [0.2, 0.25) is 0 Å². The second-order valence-corrected chi connectivity index (χ2v) is 5.05. The third-order valence-electron chi connectivity index (χ3n) is 3.64. The summed E-state index contributed by atoms with van der Waals surface area (Å²) in [7, 11) is 0. The molecule has 0 radical (unpaired) electrons. The molecule has 0 aliphatic carbocycles. The molecule has 3 rings (SSSR count). The van der Waals surface area contributed by atoms with Gasteiger partial charge in [-0.05, 0) is 24.1 Å². The van der Waals surface area contributed by atoms with Gasteiger partial charge in [-0.1, -0.05) is 36.4 Å². The molecular formula is C17H19N3O. The largest absolute Gasteiger partial charge is 0.396 e. The molecule has 0 atom stereocenters. The van der Waals surface area contributed by atoms with E-state index in [-0.39, 0.29) is 6.61 Å². The quantitative estimate of drug-likeness (QED) is 0.755. The first-order valence-corrected chi connectivity index (χ1v) is 7.19. The van der Waals surface area contributed by atoms with Crippen molar-refractivity contribution >= 4 is 11.0 Å². The van der Waals surface area contributed by atoms with Crippen molar-refractivity contribution < 1.29 is 5.11 Å². The molecular weight excluding hydrogens is 262 g/mol. The summed E-state index contributed by atoms with van der Waals surface area (Å²) in [6, 6.07) is 16.3. The SMILES string of the molecule is NCc1ccc(-c2nc3ccccc3n2CCCO)cc1. The Hall–Kier alpha value is -2.17. The van der Waals surface area contributed by atoms with Gasteiger partial charge in [0.1, 0.15) is 5.82 Å². The van der Waals surface area contributed by atoms with E-state index in [1.165, 1.54) is 0 Å². The summed E-state index contributed by atoms with van der Waals surface area (Å²) in [5, 5.41) is 9.12. The van der Waals surface area contributed by atoms with Crippen LogP contribution in [0.1, 0.15) is 12.0 Å². The Bertz CT molecular complexity index is 731. The van der Waals surface area contributed by atoms with Crippen molar-refractivity contribution in [3.63, 3.8) is 0 Å². The molecule has 0 amide bonds. The molecule has 0 unspecified atom stereocenters. The van der Waals surface area contributed by atoms with Crippen molar-refractivity contribution in [2.45, 2.75) is 19.5 Å². The number of imidazole rings is 1. The van der Waals surface area contributed by atoms with Crippen LogP contribution in [0.2, 0.25) is 0 Å². The highest BCUT2D eigenvalue weighted by Crippen LogP contribution is 2.25. The zero-order valence-corrected chi connectivity index (χ0v) is 11.9. The van der Waals surface area contributed by atoms with E-state index in [2.05, 4.69) is 22.8 Å². The minimum Gasteiger partial charge on any atom is -0.396 e. The summed E-state index contributed by atoms with van der Waals surface area (Å²) in [5.41, 5.74) is 9.91. The number of hydrogen-bond donors (Lipinski definition) is 2. The van der Waals surface area contributed by atoms with E-state index in [4.69, 9.17) is 15.8 Å². The average Bonchev–Trinajstić information content (AvgIpc) is 2.91. The van der Waals surface area contributed by atoms with Crippen LogP contribution < -0.4 is 5.73 Å². The highest BCUT2D eigenvalue weighted by molar-refractivity contribution is 5.80. The van der Waals surface area contributed by atoms with Crippen molar-refractivity contribution in [3.05, 3.63) is 54.1 Å². The van der Waals surface area contributed by atoms with Gasteiger partial charge in [0, 0.05) is 25.3 Å². The van der Waals surface area contributed by atoms with Gasteiger partial charge in [-0.2, -0.15) is 0 Å². The molecule has 1 heterocycles. The van der Waals surface area contributed by atoms with Crippen LogP contribution in [0.15, 0.2) is 48.5 Å². The molecule has 0 aliphatic heterocycles. The maximum Gasteiger partial charge on any atom is 0.141 e. The van der Waals surface area contributed by atoms with Crippen LogP contribution in [0.4, 0.5) is 0 Å². The van der Waals surface area contributed by atoms with Crippen LogP contribution >= 0.6 is 0 Å². The lowest BCUT2D eigenvalue weighted by atomic mass is 10.1. The first kappa shape index (κ1) is 13.8. The third-order valence-corrected chi connectivity index (χ3v) is 3.64. The maximum atomic E-state index is 9.12. The molecule has 1 aromatic heterocycles. The van der Waals surface area contributed by atoms with Crippen molar-refractivity contribution in [1.82, 2.24) is 9.55 Å². The summed E-state index contributed by atoms with van der Waals surface area (Å²) < 4.78 is 2.17. The summed E-state index contributed by atoms with van der Waals surface area (Å²) >= 11 is 0. The van der Waals surface area contributed by atoms with Gasteiger partial charge in [-0.15, -0.1) is 0 Å². The summed E-state index contributed by atoms with van der Waals surface area (Å²) in [5.74, 6) is 0.938. The van der Waals surface area contributed by atoms with E-state index < -0.39 is 0 Å². The van der Waals surface area contributed by atoms with E-state index in [1.54, 1.807) is 0 Å². The van der Waals surface area contributed by atoms with Crippen molar-refractivity contribution in [2.75, 3.05) is 6.61 Å². The van der Waals surface area contributed by atoms with E-state index in [0.29, 0.717) is 13.0 Å². The number of aliphatic hydroxyl groups is 1. The van der Waals surface area contributed by atoms with Crippen LogP contribution in [0.25, 0.3) is 22.4 Å². The molecule has 4 heteroatoms. The minimum absolute atomic E-state index is 0.179. The summed E-state index contributed by atoms with van der Waals surface area (Å²) in [4.78, 5) is 4.74. The minimum atomic E-state index is 0.179. The fourth-order valence-corrected chi connectivity index (χ4v) is 2.54. The lowest BCUT2D eigenvalue weighted by Gasteiger charge is -2.09. The second kappa shape index (κ2) is 6.08. The van der Waals surface area contributed by atoms with Crippen LogP contribution in [0.5, 0.6) is 0 Å². The summed E-state index contributed by atoms with van der Waals surface area (Å²) in [6.07, 6.45) is 0.717.